The van der Waals surface area contributed by atoms with Gasteiger partial charge < -0.3 is 10.1 Å². The largest absolute Gasteiger partial charge is 0.495 e. The molecule has 0 amide bonds. The molecule has 0 aliphatic carbocycles. The lowest BCUT2D eigenvalue weighted by Crippen LogP contribution is -2.35. The molecule has 20 heavy (non-hydrogen) atoms. The van der Waals surface area contributed by atoms with E-state index in [1.54, 1.807) is 18.2 Å². The molecule has 0 aromatic heterocycles. The molecule has 2 N–H and O–H groups in total. The van der Waals surface area contributed by atoms with Crippen molar-refractivity contribution in [1.29, 1.82) is 0 Å². The summed E-state index contributed by atoms with van der Waals surface area (Å²) in [7, 11) is -2.10. The van der Waals surface area contributed by atoms with Crippen LogP contribution >= 0.6 is 15.9 Å². The SMILES string of the molecule is COc1ccc(Br)cc1S(=O)(=O)NC1CCCNCC1. The van der Waals surface area contributed by atoms with Gasteiger partial charge in [-0.15, -0.1) is 0 Å². The van der Waals surface area contributed by atoms with Crippen LogP contribution in [0.25, 0.3) is 0 Å². The van der Waals surface area contributed by atoms with Crippen LogP contribution in [0.3, 0.4) is 0 Å². The summed E-state index contributed by atoms with van der Waals surface area (Å²) >= 11 is 3.30. The molecule has 1 heterocycles. The minimum Gasteiger partial charge on any atom is -0.495 e. The molecule has 0 radical (unpaired) electrons. The van der Waals surface area contributed by atoms with E-state index in [-0.39, 0.29) is 10.9 Å². The maximum atomic E-state index is 12.5. The van der Waals surface area contributed by atoms with E-state index in [4.69, 9.17) is 4.74 Å². The molecule has 1 fully saturated rings. The van der Waals surface area contributed by atoms with E-state index in [0.29, 0.717) is 10.2 Å². The molecule has 1 atom stereocenters. The van der Waals surface area contributed by atoms with Gasteiger partial charge in [-0.2, -0.15) is 0 Å². The van der Waals surface area contributed by atoms with Crippen molar-refractivity contribution in [3.8, 4) is 5.75 Å². The molecule has 1 aliphatic rings. The first kappa shape index (κ1) is 15.8. The Labute approximate surface area is 128 Å². The van der Waals surface area contributed by atoms with E-state index >= 15 is 0 Å². The standard InChI is InChI=1S/C13H19BrN2O3S/c1-19-12-5-4-10(14)9-13(12)20(17,18)16-11-3-2-7-15-8-6-11/h4-5,9,11,15-16H,2-3,6-8H2,1H3. The number of sulfonamides is 1. The summed E-state index contributed by atoms with van der Waals surface area (Å²) < 4.78 is 33.7. The maximum absolute atomic E-state index is 12.5. The molecule has 1 saturated heterocycles. The van der Waals surface area contributed by atoms with E-state index in [1.807, 2.05) is 0 Å². The minimum atomic E-state index is -3.57. The zero-order valence-electron chi connectivity index (χ0n) is 11.4. The van der Waals surface area contributed by atoms with Crippen molar-refractivity contribution in [1.82, 2.24) is 10.0 Å². The van der Waals surface area contributed by atoms with Crippen molar-refractivity contribution in [2.45, 2.75) is 30.2 Å². The molecule has 1 aliphatic heterocycles. The highest BCUT2D eigenvalue weighted by molar-refractivity contribution is 9.10. The highest BCUT2D eigenvalue weighted by Crippen LogP contribution is 2.27. The second-order valence-electron chi connectivity index (χ2n) is 4.79. The number of rotatable bonds is 4. The van der Waals surface area contributed by atoms with Gasteiger partial charge in [-0.25, -0.2) is 13.1 Å². The molecule has 112 valence electrons. The van der Waals surface area contributed by atoms with Crippen molar-refractivity contribution in [3.63, 3.8) is 0 Å². The highest BCUT2D eigenvalue weighted by atomic mass is 79.9. The predicted molar refractivity (Wildman–Crippen MR) is 81.5 cm³/mol. The maximum Gasteiger partial charge on any atom is 0.244 e. The van der Waals surface area contributed by atoms with Crippen LogP contribution in [0.1, 0.15) is 19.3 Å². The van der Waals surface area contributed by atoms with Gasteiger partial charge in [0, 0.05) is 10.5 Å². The van der Waals surface area contributed by atoms with Gasteiger partial charge in [0.1, 0.15) is 10.6 Å². The van der Waals surface area contributed by atoms with Gasteiger partial charge >= 0.3 is 0 Å². The van der Waals surface area contributed by atoms with Gasteiger partial charge in [0.05, 0.1) is 7.11 Å². The van der Waals surface area contributed by atoms with Gasteiger partial charge in [-0.3, -0.25) is 0 Å². The van der Waals surface area contributed by atoms with E-state index in [9.17, 15) is 8.42 Å². The molecule has 5 nitrogen and oxygen atoms in total. The Morgan fingerprint density at radius 2 is 2.15 bits per heavy atom. The van der Waals surface area contributed by atoms with Crippen LogP contribution in [0.5, 0.6) is 5.75 Å². The van der Waals surface area contributed by atoms with Crippen LogP contribution in [0.4, 0.5) is 0 Å². The zero-order valence-corrected chi connectivity index (χ0v) is 13.8. The summed E-state index contributed by atoms with van der Waals surface area (Å²) in [6.07, 6.45) is 2.63. The Hall–Kier alpha value is -0.630. The van der Waals surface area contributed by atoms with Crippen LogP contribution in [0.2, 0.25) is 0 Å². The smallest absolute Gasteiger partial charge is 0.244 e. The third kappa shape index (κ3) is 3.94. The van der Waals surface area contributed by atoms with E-state index in [0.717, 1.165) is 32.4 Å². The van der Waals surface area contributed by atoms with Crippen molar-refractivity contribution >= 4 is 26.0 Å². The number of benzene rings is 1. The van der Waals surface area contributed by atoms with Gasteiger partial charge in [-0.05, 0) is 50.6 Å². The first-order chi connectivity index (χ1) is 9.53. The highest BCUT2D eigenvalue weighted by Gasteiger charge is 2.24. The van der Waals surface area contributed by atoms with Crippen LogP contribution in [-0.2, 0) is 10.0 Å². The fraction of sp³-hybridized carbons (Fsp3) is 0.538. The van der Waals surface area contributed by atoms with Gasteiger partial charge in [0.2, 0.25) is 10.0 Å². The number of methoxy groups -OCH3 is 1. The molecular weight excluding hydrogens is 344 g/mol. The third-order valence-electron chi connectivity index (χ3n) is 3.31. The second kappa shape index (κ2) is 6.89. The van der Waals surface area contributed by atoms with Crippen molar-refractivity contribution < 1.29 is 13.2 Å². The average molecular weight is 363 g/mol. The Bertz CT molecular complexity index is 555. The Balaban J connectivity index is 2.23. The predicted octanol–water partition coefficient (Wildman–Crippen LogP) is 1.88. The van der Waals surface area contributed by atoms with Gasteiger partial charge in [-0.1, -0.05) is 15.9 Å². The molecule has 0 saturated carbocycles. The van der Waals surface area contributed by atoms with Gasteiger partial charge in [0.15, 0.2) is 0 Å². The van der Waals surface area contributed by atoms with Crippen molar-refractivity contribution in [2.75, 3.05) is 20.2 Å². The summed E-state index contributed by atoms with van der Waals surface area (Å²) in [5.41, 5.74) is 0. The third-order valence-corrected chi connectivity index (χ3v) is 5.35. The second-order valence-corrected chi connectivity index (χ2v) is 7.39. The molecule has 7 heteroatoms. The fourth-order valence-electron chi connectivity index (χ4n) is 2.28. The van der Waals surface area contributed by atoms with Crippen LogP contribution in [0, 0.1) is 0 Å². The van der Waals surface area contributed by atoms with E-state index < -0.39 is 10.0 Å². The fourth-order valence-corrected chi connectivity index (χ4v) is 4.29. The Morgan fingerprint density at radius 1 is 1.35 bits per heavy atom. The summed E-state index contributed by atoms with van der Waals surface area (Å²) in [6, 6.07) is 4.94. The summed E-state index contributed by atoms with van der Waals surface area (Å²) in [5.74, 6) is 0.354. The topological polar surface area (TPSA) is 67.4 Å². The van der Waals surface area contributed by atoms with Crippen molar-refractivity contribution in [2.24, 2.45) is 0 Å². The molecular formula is C13H19BrN2O3S. The number of hydrogen-bond acceptors (Lipinski definition) is 4. The van der Waals surface area contributed by atoms with E-state index in [2.05, 4.69) is 26.0 Å². The average Bonchev–Trinajstić information content (AvgIpc) is 2.67. The number of nitrogens with one attached hydrogen (secondary N) is 2. The summed E-state index contributed by atoms with van der Waals surface area (Å²) in [4.78, 5) is 0.173. The monoisotopic (exact) mass is 362 g/mol. The van der Waals surface area contributed by atoms with Crippen LogP contribution in [0.15, 0.2) is 27.6 Å². The van der Waals surface area contributed by atoms with Crippen molar-refractivity contribution in [3.05, 3.63) is 22.7 Å². The first-order valence-corrected chi connectivity index (χ1v) is 8.87. The lowest BCUT2D eigenvalue weighted by atomic mass is 10.1. The number of ether oxygens (including phenoxy) is 1. The molecule has 0 bridgehead atoms. The van der Waals surface area contributed by atoms with Crippen LogP contribution in [-0.4, -0.2) is 34.7 Å². The Kier molecular flexibility index (Phi) is 5.42. The molecule has 1 unspecified atom stereocenters. The molecule has 1 aromatic carbocycles. The number of hydrogen-bond donors (Lipinski definition) is 2. The quantitative estimate of drug-likeness (QED) is 0.857. The Morgan fingerprint density at radius 3 is 2.90 bits per heavy atom. The first-order valence-electron chi connectivity index (χ1n) is 6.59. The molecule has 1 aromatic rings. The zero-order chi connectivity index (χ0) is 14.6. The number of halogens is 1. The van der Waals surface area contributed by atoms with Crippen LogP contribution < -0.4 is 14.8 Å². The van der Waals surface area contributed by atoms with Gasteiger partial charge in [0.25, 0.3) is 0 Å². The lowest BCUT2D eigenvalue weighted by molar-refractivity contribution is 0.401. The minimum absolute atomic E-state index is 0.0290. The van der Waals surface area contributed by atoms with E-state index in [1.165, 1.54) is 7.11 Å². The molecule has 2 rings (SSSR count). The normalized spacial score (nSPS) is 20.4. The lowest BCUT2D eigenvalue weighted by Gasteiger charge is -2.17. The summed E-state index contributed by atoms with van der Waals surface area (Å²) in [5, 5.41) is 3.27. The summed E-state index contributed by atoms with van der Waals surface area (Å²) in [6.45, 7) is 1.78. The molecule has 0 spiro atoms.